The van der Waals surface area contributed by atoms with Crippen molar-refractivity contribution in [3.8, 4) is 0 Å². The number of benzene rings is 1. The highest BCUT2D eigenvalue weighted by Gasteiger charge is 2.07. The highest BCUT2D eigenvalue weighted by Crippen LogP contribution is 2.29. The molecule has 2 heterocycles. The standard InChI is InChI=1S/C7H5ClO/c1-4-2-5-3-6(8)7(4)9-5/h2-3H,1H3. The van der Waals surface area contributed by atoms with Crippen LogP contribution in [0.5, 0.6) is 0 Å². The molecule has 0 radical (unpaired) electrons. The molecular formula is C7H5ClO. The fourth-order valence-electron chi connectivity index (χ4n) is 1.01. The van der Waals surface area contributed by atoms with Crippen LogP contribution in [0.4, 0.5) is 0 Å². The van der Waals surface area contributed by atoms with Crippen molar-refractivity contribution in [1.82, 2.24) is 0 Å². The smallest absolute Gasteiger partial charge is 0.149 e. The van der Waals surface area contributed by atoms with E-state index in [1.54, 1.807) is 0 Å². The Hall–Kier alpha value is -0.690. The second-order valence-corrected chi connectivity index (χ2v) is 2.56. The zero-order valence-electron chi connectivity index (χ0n) is 4.94. The molecule has 2 aromatic heterocycles. The first-order chi connectivity index (χ1) is 4.27. The first-order valence-corrected chi connectivity index (χ1v) is 3.13. The summed E-state index contributed by atoms with van der Waals surface area (Å²) in [6.07, 6.45) is 0. The van der Waals surface area contributed by atoms with Crippen LogP contribution in [0, 0.1) is 6.92 Å². The molecule has 0 unspecified atom stereocenters. The Bertz CT molecular complexity index is 297. The lowest BCUT2D eigenvalue weighted by atomic mass is 10.2. The Morgan fingerprint density at radius 2 is 2.22 bits per heavy atom. The van der Waals surface area contributed by atoms with Crippen molar-refractivity contribution in [3.63, 3.8) is 0 Å². The van der Waals surface area contributed by atoms with Crippen LogP contribution in [-0.2, 0) is 0 Å². The predicted octanol–water partition coefficient (Wildman–Crippen LogP) is 2.83. The molecule has 0 fully saturated rings. The van der Waals surface area contributed by atoms with Crippen LogP contribution < -0.4 is 0 Å². The van der Waals surface area contributed by atoms with Gasteiger partial charge in [-0.3, -0.25) is 0 Å². The Balaban J connectivity index is 2.96. The Kier molecular flexibility index (Phi) is 0.809. The number of hydrogen-bond acceptors (Lipinski definition) is 1. The minimum Gasteiger partial charge on any atom is -0.455 e. The van der Waals surface area contributed by atoms with Gasteiger partial charge in [0, 0.05) is 6.07 Å². The van der Waals surface area contributed by atoms with Gasteiger partial charge >= 0.3 is 0 Å². The van der Waals surface area contributed by atoms with E-state index in [1.165, 1.54) is 0 Å². The quantitative estimate of drug-likeness (QED) is 0.549. The van der Waals surface area contributed by atoms with E-state index in [0.717, 1.165) is 21.8 Å². The molecule has 2 heteroatoms. The summed E-state index contributed by atoms with van der Waals surface area (Å²) in [6.45, 7) is 1.98. The molecule has 0 amide bonds. The maximum absolute atomic E-state index is 5.74. The third-order valence-electron chi connectivity index (χ3n) is 1.42. The monoisotopic (exact) mass is 140 g/mol. The van der Waals surface area contributed by atoms with Gasteiger partial charge < -0.3 is 4.42 Å². The summed E-state index contributed by atoms with van der Waals surface area (Å²) in [4.78, 5) is 0. The molecule has 46 valence electrons. The second-order valence-electron chi connectivity index (χ2n) is 2.15. The second kappa shape index (κ2) is 1.42. The molecule has 0 aliphatic rings. The van der Waals surface area contributed by atoms with Crippen LogP contribution >= 0.6 is 11.6 Å². The van der Waals surface area contributed by atoms with E-state index in [0.29, 0.717) is 0 Å². The minimum atomic E-state index is 0.727. The van der Waals surface area contributed by atoms with Crippen molar-refractivity contribution in [2.45, 2.75) is 6.92 Å². The van der Waals surface area contributed by atoms with Gasteiger partial charge in [0.1, 0.15) is 11.2 Å². The summed E-state index contributed by atoms with van der Waals surface area (Å²) in [5.41, 5.74) is 2.82. The molecule has 0 saturated carbocycles. The van der Waals surface area contributed by atoms with Crippen LogP contribution in [-0.4, -0.2) is 0 Å². The van der Waals surface area contributed by atoms with Gasteiger partial charge in [0.25, 0.3) is 0 Å². The van der Waals surface area contributed by atoms with Gasteiger partial charge in [0.2, 0.25) is 0 Å². The van der Waals surface area contributed by atoms with E-state index in [9.17, 15) is 0 Å². The van der Waals surface area contributed by atoms with Crippen LogP contribution in [0.2, 0.25) is 5.02 Å². The normalized spacial score (nSPS) is 11.3. The third-order valence-corrected chi connectivity index (χ3v) is 1.70. The average molecular weight is 141 g/mol. The fourth-order valence-corrected chi connectivity index (χ4v) is 1.30. The summed E-state index contributed by atoms with van der Waals surface area (Å²) in [5.74, 6) is 0. The average Bonchev–Trinajstić information content (AvgIpc) is 2.22. The maximum Gasteiger partial charge on any atom is 0.149 e. The number of furan rings is 2. The van der Waals surface area contributed by atoms with Gasteiger partial charge in [-0.2, -0.15) is 0 Å². The molecule has 0 atom stereocenters. The molecule has 0 aromatic carbocycles. The molecule has 0 saturated heterocycles. The number of fused-ring (bicyclic) bond motifs is 2. The maximum atomic E-state index is 5.74. The van der Waals surface area contributed by atoms with Crippen LogP contribution in [0.1, 0.15) is 5.56 Å². The third kappa shape index (κ3) is 0.553. The minimum absolute atomic E-state index is 0.727. The van der Waals surface area contributed by atoms with Crippen LogP contribution in [0.3, 0.4) is 0 Å². The molecule has 2 bridgehead atoms. The first-order valence-electron chi connectivity index (χ1n) is 2.75. The molecule has 2 rings (SSSR count). The summed E-state index contributed by atoms with van der Waals surface area (Å²) >= 11 is 5.74. The van der Waals surface area contributed by atoms with E-state index in [-0.39, 0.29) is 0 Å². The van der Waals surface area contributed by atoms with Gasteiger partial charge in [0.05, 0.1) is 5.02 Å². The lowest BCUT2D eigenvalue weighted by molar-refractivity contribution is 0.674. The Labute approximate surface area is 57.6 Å². The zero-order valence-corrected chi connectivity index (χ0v) is 5.70. The number of aryl methyl sites for hydroxylation is 1. The van der Waals surface area contributed by atoms with E-state index >= 15 is 0 Å². The van der Waals surface area contributed by atoms with Gasteiger partial charge in [-0.25, -0.2) is 0 Å². The predicted molar refractivity (Wildman–Crippen MR) is 37.1 cm³/mol. The Morgan fingerprint density at radius 3 is 2.56 bits per heavy atom. The van der Waals surface area contributed by atoms with Crippen molar-refractivity contribution in [2.75, 3.05) is 0 Å². The lowest BCUT2D eigenvalue weighted by Crippen LogP contribution is -1.64. The van der Waals surface area contributed by atoms with Crippen LogP contribution in [0.15, 0.2) is 16.5 Å². The summed E-state index contributed by atoms with van der Waals surface area (Å²) in [6, 6.07) is 3.80. The molecule has 0 spiro atoms. The van der Waals surface area contributed by atoms with E-state index in [2.05, 4.69) is 0 Å². The number of halogens is 1. The number of rotatable bonds is 0. The fraction of sp³-hybridized carbons (Fsp3) is 0.143. The Morgan fingerprint density at radius 1 is 1.44 bits per heavy atom. The number of hydrogen-bond donors (Lipinski definition) is 0. The van der Waals surface area contributed by atoms with Crippen LogP contribution in [0.25, 0.3) is 11.2 Å². The van der Waals surface area contributed by atoms with Gasteiger partial charge in [-0.05, 0) is 18.6 Å². The summed E-state index contributed by atoms with van der Waals surface area (Å²) in [7, 11) is 0. The molecule has 1 nitrogen and oxygen atoms in total. The molecule has 0 aliphatic carbocycles. The zero-order chi connectivity index (χ0) is 6.43. The topological polar surface area (TPSA) is 13.1 Å². The molecule has 0 aliphatic heterocycles. The first kappa shape index (κ1) is 5.12. The van der Waals surface area contributed by atoms with E-state index in [4.69, 9.17) is 16.0 Å². The highest BCUT2D eigenvalue weighted by atomic mass is 35.5. The van der Waals surface area contributed by atoms with Crippen molar-refractivity contribution >= 4 is 22.8 Å². The summed E-state index contributed by atoms with van der Waals surface area (Å²) < 4.78 is 5.21. The summed E-state index contributed by atoms with van der Waals surface area (Å²) in [5, 5.41) is 0.727. The molecule has 9 heavy (non-hydrogen) atoms. The molecule has 2 aromatic rings. The SMILES string of the molecule is Cc1cc2cc(Cl)c1o2. The van der Waals surface area contributed by atoms with Gasteiger partial charge in [-0.15, -0.1) is 0 Å². The largest absolute Gasteiger partial charge is 0.455 e. The van der Waals surface area contributed by atoms with Crippen molar-refractivity contribution in [2.24, 2.45) is 0 Å². The van der Waals surface area contributed by atoms with Gasteiger partial charge in [0.15, 0.2) is 0 Å². The highest BCUT2D eigenvalue weighted by molar-refractivity contribution is 6.34. The van der Waals surface area contributed by atoms with Gasteiger partial charge in [-0.1, -0.05) is 11.6 Å². The van der Waals surface area contributed by atoms with Crippen molar-refractivity contribution in [1.29, 1.82) is 0 Å². The van der Waals surface area contributed by atoms with Crippen molar-refractivity contribution in [3.05, 3.63) is 22.7 Å². The molecule has 0 N–H and O–H groups in total. The van der Waals surface area contributed by atoms with Crippen molar-refractivity contribution < 1.29 is 4.42 Å². The lowest BCUT2D eigenvalue weighted by Gasteiger charge is -1.82. The van der Waals surface area contributed by atoms with E-state index in [1.807, 2.05) is 19.1 Å². The molecular weight excluding hydrogens is 136 g/mol. The van der Waals surface area contributed by atoms with E-state index < -0.39 is 0 Å².